The minimum absolute atomic E-state index is 0.138. The molecule has 3 aromatic rings. The minimum atomic E-state index is -2.40. The summed E-state index contributed by atoms with van der Waals surface area (Å²) in [6.07, 6.45) is -7.31. The smallest absolute Gasteiger partial charge is 0.329 e. The molecule has 13 amide bonds. The van der Waals surface area contributed by atoms with E-state index in [2.05, 4.69) is 52.8 Å². The van der Waals surface area contributed by atoms with Crippen LogP contribution in [0.4, 0.5) is 5.69 Å². The average molecular weight is 1470 g/mol. The van der Waals surface area contributed by atoms with E-state index >= 15 is 0 Å². The lowest BCUT2D eigenvalue weighted by Crippen LogP contribution is -2.61. The van der Waals surface area contributed by atoms with Gasteiger partial charge in [0, 0.05) is 34.8 Å². The van der Waals surface area contributed by atoms with Gasteiger partial charge in [0.1, 0.15) is 66.5 Å². The molecule has 13 atom stereocenters. The Hall–Kier alpha value is -12.2. The third kappa shape index (κ3) is 26.7. The summed E-state index contributed by atoms with van der Waals surface area (Å²) < 4.78 is 5.64. The van der Waals surface area contributed by atoms with Crippen molar-refractivity contribution in [3.63, 3.8) is 0 Å². The van der Waals surface area contributed by atoms with Crippen LogP contribution in [0.1, 0.15) is 101 Å². The van der Waals surface area contributed by atoms with Crippen molar-refractivity contribution in [1.29, 1.82) is 0 Å². The first-order chi connectivity index (χ1) is 48.9. The third-order valence-electron chi connectivity index (χ3n) is 15.7. The first kappa shape index (κ1) is 84.2. The Morgan fingerprint density at radius 3 is 1.72 bits per heavy atom. The molecule has 24 N–H and O–H groups in total. The summed E-state index contributed by atoms with van der Waals surface area (Å²) in [4.78, 5) is 259. The molecule has 2 heterocycles. The zero-order valence-electron chi connectivity index (χ0n) is 56.5. The predicted octanol–water partition coefficient (Wildman–Crippen LogP) is -7.47. The fourth-order valence-corrected chi connectivity index (χ4v) is 10.2. The van der Waals surface area contributed by atoms with E-state index in [1.165, 1.54) is 24.3 Å². The Morgan fingerprint density at radius 2 is 1.12 bits per heavy atom. The highest BCUT2D eigenvalue weighted by molar-refractivity contribution is 6.05. The van der Waals surface area contributed by atoms with Gasteiger partial charge in [0.2, 0.25) is 76.8 Å². The molecule has 13 unspecified atom stereocenters. The van der Waals surface area contributed by atoms with Crippen LogP contribution in [-0.4, -0.2) is 235 Å². The van der Waals surface area contributed by atoms with E-state index in [1.807, 2.05) is 16.0 Å². The molecule has 566 valence electrons. The number of ketones is 1. The van der Waals surface area contributed by atoms with Crippen LogP contribution in [0.3, 0.4) is 0 Å². The number of amides is 13. The highest BCUT2D eigenvalue weighted by Crippen LogP contribution is 2.20. The number of nitrogen functional groups attached to an aromatic ring is 1. The summed E-state index contributed by atoms with van der Waals surface area (Å²) in [6, 6.07) is -10.0. The Morgan fingerprint density at radius 1 is 0.587 bits per heavy atom. The van der Waals surface area contributed by atoms with Crippen molar-refractivity contribution in [2.24, 2.45) is 17.4 Å². The van der Waals surface area contributed by atoms with Gasteiger partial charge >= 0.3 is 29.8 Å². The fraction of sp³-hybridized carbons (Fsp3) is 0.476. The number of cyclic esters (lactones) is 1. The van der Waals surface area contributed by atoms with Gasteiger partial charge < -0.3 is 116 Å². The molecule has 1 aromatic heterocycles. The molecule has 0 bridgehead atoms. The summed E-state index contributed by atoms with van der Waals surface area (Å²) in [5.74, 6) is -28.7. The van der Waals surface area contributed by atoms with Crippen LogP contribution in [0.25, 0.3) is 10.9 Å². The molecule has 104 heavy (non-hydrogen) atoms. The number of carboxylic acid groups (broad SMARTS) is 4. The zero-order valence-corrected chi connectivity index (χ0v) is 56.5. The SMILES string of the molecule is CCCCC1NC(=O)CNC(=O)C(NC(=O)C(CC(=O)O)NC(=O)C(CC(N)=O)NC(=O)C(N)Cc2c[nH]c3ccccc23)C(C)OC(=O)C(CC(=O)c2ccccc2N)NC(=O)C(C(C)CC(=O)O)NC(=O)C(CO)NC(=O)CNC(=O)C(CC(=O)O)NC(=O)C(C)NC(=O)C(CC(=O)O)NC1=O. The molecule has 4 rings (SSSR count). The molecule has 1 fully saturated rings. The molecule has 41 heteroatoms. The zero-order chi connectivity index (χ0) is 77.8. The number of nitrogens with one attached hydrogen (secondary N) is 13. The second-order valence-corrected chi connectivity index (χ2v) is 24.1. The number of Topliss-reactive ketones (excluding diaryl/α,β-unsaturated/α-hetero) is 1. The van der Waals surface area contributed by atoms with Gasteiger partial charge in [-0.25, -0.2) is 4.79 Å². The number of aliphatic hydroxyl groups excluding tert-OH is 1. The number of H-pyrrole nitrogens is 1. The molecule has 0 saturated carbocycles. The molecule has 1 aliphatic rings. The largest absolute Gasteiger partial charge is 0.481 e. The predicted molar refractivity (Wildman–Crippen MR) is 355 cm³/mol. The topological polar surface area (TPSA) is 673 Å². The second-order valence-electron chi connectivity index (χ2n) is 24.1. The van der Waals surface area contributed by atoms with Crippen molar-refractivity contribution < 1.29 is 121 Å². The van der Waals surface area contributed by atoms with Gasteiger partial charge in [-0.3, -0.25) is 86.3 Å². The number of hydrogen-bond donors (Lipinski definition) is 21. The molecule has 41 nitrogen and oxygen atoms in total. The van der Waals surface area contributed by atoms with Crippen molar-refractivity contribution in [3.05, 3.63) is 65.9 Å². The number of fused-ring (bicyclic) bond motifs is 1. The molecule has 0 aliphatic carbocycles. The fourth-order valence-electron chi connectivity index (χ4n) is 10.2. The maximum atomic E-state index is 14.7. The van der Waals surface area contributed by atoms with Gasteiger partial charge in [-0.05, 0) is 56.4 Å². The third-order valence-corrected chi connectivity index (χ3v) is 15.7. The summed E-state index contributed by atoms with van der Waals surface area (Å²) >= 11 is 0. The quantitative estimate of drug-likeness (QED) is 0.0202. The molecular weight excluding hydrogens is 1380 g/mol. The minimum Gasteiger partial charge on any atom is -0.481 e. The Labute approximate surface area is 590 Å². The van der Waals surface area contributed by atoms with Gasteiger partial charge in [-0.15, -0.1) is 0 Å². The lowest BCUT2D eigenvalue weighted by atomic mass is 9.96. The van der Waals surface area contributed by atoms with E-state index < -0.39 is 249 Å². The number of ether oxygens (including phenoxy) is 1. The van der Waals surface area contributed by atoms with Crippen LogP contribution in [0, 0.1) is 5.92 Å². The number of carbonyl (C=O) groups excluding carboxylic acids is 15. The normalized spacial score (nSPS) is 22.2. The van der Waals surface area contributed by atoms with Gasteiger partial charge in [0.25, 0.3) is 0 Å². The summed E-state index contributed by atoms with van der Waals surface area (Å²) in [5.41, 5.74) is 18.5. The molecule has 1 saturated heterocycles. The van der Waals surface area contributed by atoms with Crippen LogP contribution in [0.5, 0.6) is 0 Å². The van der Waals surface area contributed by atoms with Gasteiger partial charge in [-0.1, -0.05) is 57.0 Å². The van der Waals surface area contributed by atoms with Crippen LogP contribution in [-0.2, 0) is 97.5 Å². The number of carboxylic acids is 4. The number of hydrogen-bond acceptors (Lipinski definition) is 23. The number of aromatic amines is 1. The number of primary amides is 1. The van der Waals surface area contributed by atoms with E-state index in [9.17, 15) is 117 Å². The van der Waals surface area contributed by atoms with Crippen LogP contribution < -0.4 is 81.0 Å². The average Bonchev–Trinajstić information content (AvgIpc) is 1.32. The van der Waals surface area contributed by atoms with Crippen molar-refractivity contribution in [1.82, 2.24) is 68.8 Å². The maximum Gasteiger partial charge on any atom is 0.329 e. The van der Waals surface area contributed by atoms with E-state index in [-0.39, 0.29) is 30.5 Å². The number of esters is 1. The summed E-state index contributed by atoms with van der Waals surface area (Å²) in [5, 5.41) is 75.6. The van der Waals surface area contributed by atoms with Gasteiger partial charge in [0.15, 0.2) is 5.78 Å². The summed E-state index contributed by atoms with van der Waals surface area (Å²) in [7, 11) is 0. The van der Waals surface area contributed by atoms with E-state index in [1.54, 1.807) is 37.4 Å². The number of anilines is 1. The lowest BCUT2D eigenvalue weighted by molar-refractivity contribution is -0.156. The standard InChI is InChI=1S/C63H84N16O25/c1-5-6-14-36-56(96)75-39(21-49(89)90)57(97)70-28(3)53(93)73-38(20-48(87)88)55(95)68-24-46(84)72-42(26-80)60(100)78-51(27(2)16-47(85)86)62(102)77-41(18-43(81)32-12-7-9-13-33(32)64)63(103)104-29(4)52(61(101)69-25-45(83)71-36)79-59(99)40(22-50(91)92)76-58(98)37(19-44(66)82)74-54(94)34(65)17-30-23-67-35-15-10-8-11-31(30)35/h7-13,15,23,27-29,34,36-42,51-52,67,80H,5-6,14,16-22,24-26,64-65H2,1-4H3,(H2,66,82)(H,68,95)(H,69,101)(H,70,97)(H,71,83)(H,72,84)(H,73,93)(H,74,94)(H,75,96)(H,76,98)(H,77,102)(H,78,100)(H,79,99)(H,85,86)(H,87,88)(H,89,90)(H,91,92). The Bertz CT molecular complexity index is 3750. The van der Waals surface area contributed by atoms with E-state index in [0.717, 1.165) is 20.8 Å². The highest BCUT2D eigenvalue weighted by Gasteiger charge is 2.41. The van der Waals surface area contributed by atoms with Crippen molar-refractivity contribution in [2.75, 3.05) is 25.4 Å². The van der Waals surface area contributed by atoms with E-state index in [4.69, 9.17) is 21.9 Å². The lowest BCUT2D eigenvalue weighted by Gasteiger charge is -2.30. The maximum absolute atomic E-state index is 14.7. The Kier molecular flexibility index (Phi) is 32.7. The molecule has 2 aromatic carbocycles. The van der Waals surface area contributed by atoms with Crippen LogP contribution in [0.15, 0.2) is 54.7 Å². The van der Waals surface area contributed by atoms with Crippen molar-refractivity contribution in [2.45, 2.75) is 164 Å². The van der Waals surface area contributed by atoms with Crippen molar-refractivity contribution in [3.8, 4) is 0 Å². The number of aromatic nitrogens is 1. The van der Waals surface area contributed by atoms with Gasteiger partial charge in [-0.2, -0.15) is 0 Å². The van der Waals surface area contributed by atoms with Crippen LogP contribution >= 0.6 is 0 Å². The van der Waals surface area contributed by atoms with Gasteiger partial charge in [0.05, 0.1) is 57.8 Å². The number of nitrogens with two attached hydrogens (primary N) is 3. The highest BCUT2D eigenvalue weighted by atomic mass is 16.5. The molecular formula is C63H84N16O25. The number of rotatable bonds is 26. The number of aliphatic carboxylic acids is 4. The first-order valence-electron chi connectivity index (χ1n) is 32.2. The number of benzene rings is 2. The first-order valence-corrected chi connectivity index (χ1v) is 32.2. The molecule has 0 radical (unpaired) electrons. The van der Waals surface area contributed by atoms with E-state index in [0.29, 0.717) is 22.9 Å². The number of unbranched alkanes of at least 4 members (excludes halogenated alkanes) is 1. The molecule has 0 spiro atoms. The second kappa shape index (κ2) is 40.3. The number of aliphatic hydroxyl groups is 1. The summed E-state index contributed by atoms with van der Waals surface area (Å²) in [6.45, 7) is 0.975. The van der Waals surface area contributed by atoms with Crippen molar-refractivity contribution >= 4 is 129 Å². The number of para-hydroxylation sites is 2. The Balaban J connectivity index is 1.86. The van der Waals surface area contributed by atoms with Crippen LogP contribution in [0.2, 0.25) is 0 Å². The molecule has 1 aliphatic heterocycles. The monoisotopic (exact) mass is 1460 g/mol. The number of carbonyl (C=O) groups is 19.